The van der Waals surface area contributed by atoms with Gasteiger partial charge in [0, 0.05) is 6.54 Å². The van der Waals surface area contributed by atoms with Crippen LogP contribution in [0.5, 0.6) is 0 Å². The summed E-state index contributed by atoms with van der Waals surface area (Å²) in [6.07, 6.45) is 8.12. The molecule has 2 unspecified atom stereocenters. The Balaban J connectivity index is 1.60. The third-order valence-electron chi connectivity index (χ3n) is 7.75. The first-order valence-electron chi connectivity index (χ1n) is 11.2. The van der Waals surface area contributed by atoms with Gasteiger partial charge in [0.25, 0.3) is 5.92 Å². The highest BCUT2D eigenvalue weighted by Gasteiger charge is 2.54. The Morgan fingerprint density at radius 3 is 2.66 bits per heavy atom. The molecular formula is C24H34F2N2O. The molecule has 0 aromatic heterocycles. The number of carbonyl (C=O) groups excluding carboxylic acids is 1. The van der Waals surface area contributed by atoms with Gasteiger partial charge in [0.2, 0.25) is 5.91 Å². The van der Waals surface area contributed by atoms with Crippen LogP contribution in [0.4, 0.5) is 8.78 Å². The molecule has 2 saturated carbocycles. The zero-order chi connectivity index (χ0) is 20.7. The summed E-state index contributed by atoms with van der Waals surface area (Å²) in [5.41, 5.74) is 6.48. The van der Waals surface area contributed by atoms with Crippen LogP contribution in [0.15, 0.2) is 30.3 Å². The van der Waals surface area contributed by atoms with Crippen LogP contribution in [0.2, 0.25) is 0 Å². The summed E-state index contributed by atoms with van der Waals surface area (Å²) >= 11 is 0. The molecule has 3 nitrogen and oxygen atoms in total. The number of carbonyl (C=O) groups is 1. The standard InChI is InChI=1S/C24H34F2N2O/c1-22-11-5-8-19(14-22)15-23(16-22,12-9-18-6-3-2-4-7-18)21(29)28-13-10-20(27)24(25,26)17-28/h2-4,6-7,19-20H,5,8-17,27H2,1H3/t19?,20?,22-,23+/m0/s1. The first-order chi connectivity index (χ1) is 13.7. The molecule has 1 aromatic rings. The highest BCUT2D eigenvalue weighted by atomic mass is 19.3. The van der Waals surface area contributed by atoms with Gasteiger partial charge in [-0.2, -0.15) is 0 Å². The Labute approximate surface area is 173 Å². The molecule has 3 aliphatic rings. The van der Waals surface area contributed by atoms with E-state index in [1.54, 1.807) is 0 Å². The van der Waals surface area contributed by atoms with Crippen molar-refractivity contribution in [2.24, 2.45) is 22.5 Å². The number of benzene rings is 1. The van der Waals surface area contributed by atoms with Crippen molar-refractivity contribution in [3.05, 3.63) is 35.9 Å². The normalized spacial score (nSPS) is 36.6. The van der Waals surface area contributed by atoms with E-state index in [-0.39, 0.29) is 17.7 Å². The molecule has 1 heterocycles. The smallest absolute Gasteiger partial charge is 0.280 e. The third-order valence-corrected chi connectivity index (χ3v) is 7.75. The highest BCUT2D eigenvalue weighted by molar-refractivity contribution is 5.83. The van der Waals surface area contributed by atoms with Gasteiger partial charge in [0.15, 0.2) is 0 Å². The molecule has 0 spiro atoms. The van der Waals surface area contributed by atoms with Crippen LogP contribution in [-0.4, -0.2) is 35.9 Å². The lowest BCUT2D eigenvalue weighted by molar-refractivity contribution is -0.162. The number of nitrogens with zero attached hydrogens (tertiary/aromatic N) is 1. The van der Waals surface area contributed by atoms with Crippen molar-refractivity contribution in [2.75, 3.05) is 13.1 Å². The minimum absolute atomic E-state index is 0.0437. The second-order valence-corrected chi connectivity index (χ2v) is 10.3. The molecule has 2 aliphatic carbocycles. The zero-order valence-electron chi connectivity index (χ0n) is 17.5. The predicted molar refractivity (Wildman–Crippen MR) is 111 cm³/mol. The molecule has 1 aromatic carbocycles. The average Bonchev–Trinajstić information content (AvgIpc) is 2.68. The van der Waals surface area contributed by atoms with E-state index in [2.05, 4.69) is 19.1 Å². The Bertz CT molecular complexity index is 740. The number of hydrogen-bond donors (Lipinski definition) is 1. The molecule has 160 valence electrons. The molecule has 1 saturated heterocycles. The number of nitrogens with two attached hydrogens (primary N) is 1. The van der Waals surface area contributed by atoms with Crippen molar-refractivity contribution in [1.82, 2.24) is 4.90 Å². The number of amides is 1. The van der Waals surface area contributed by atoms with Crippen molar-refractivity contribution >= 4 is 5.91 Å². The van der Waals surface area contributed by atoms with Gasteiger partial charge in [-0.25, -0.2) is 8.78 Å². The van der Waals surface area contributed by atoms with Crippen molar-refractivity contribution < 1.29 is 13.6 Å². The third kappa shape index (κ3) is 4.21. The van der Waals surface area contributed by atoms with Crippen LogP contribution in [-0.2, 0) is 11.2 Å². The minimum Gasteiger partial charge on any atom is -0.336 e. The fourth-order valence-electron chi connectivity index (χ4n) is 6.45. The van der Waals surface area contributed by atoms with Crippen LogP contribution >= 0.6 is 0 Å². The largest absolute Gasteiger partial charge is 0.336 e. The second-order valence-electron chi connectivity index (χ2n) is 10.3. The molecule has 2 bridgehead atoms. The Morgan fingerprint density at radius 1 is 1.21 bits per heavy atom. The minimum atomic E-state index is -3.00. The van der Waals surface area contributed by atoms with Crippen molar-refractivity contribution in [2.45, 2.75) is 76.7 Å². The van der Waals surface area contributed by atoms with Gasteiger partial charge in [-0.05, 0) is 61.8 Å². The molecular weight excluding hydrogens is 370 g/mol. The van der Waals surface area contributed by atoms with E-state index < -0.39 is 23.9 Å². The molecule has 1 amide bonds. The van der Waals surface area contributed by atoms with Gasteiger partial charge in [-0.15, -0.1) is 0 Å². The fourth-order valence-corrected chi connectivity index (χ4v) is 6.45. The molecule has 0 radical (unpaired) electrons. The zero-order valence-corrected chi connectivity index (χ0v) is 17.5. The van der Waals surface area contributed by atoms with E-state index in [0.717, 1.165) is 38.5 Å². The van der Waals surface area contributed by atoms with Crippen LogP contribution in [0.3, 0.4) is 0 Å². The van der Waals surface area contributed by atoms with Gasteiger partial charge in [0.1, 0.15) is 0 Å². The van der Waals surface area contributed by atoms with Crippen molar-refractivity contribution in [3.63, 3.8) is 0 Å². The van der Waals surface area contributed by atoms with Gasteiger partial charge in [-0.1, -0.05) is 50.1 Å². The van der Waals surface area contributed by atoms with E-state index in [1.165, 1.54) is 23.3 Å². The Hall–Kier alpha value is -1.49. The summed E-state index contributed by atoms with van der Waals surface area (Å²) in [7, 11) is 0. The van der Waals surface area contributed by atoms with E-state index in [0.29, 0.717) is 12.5 Å². The average molecular weight is 405 g/mol. The summed E-state index contributed by atoms with van der Waals surface area (Å²) in [6.45, 7) is 2.13. The summed E-state index contributed by atoms with van der Waals surface area (Å²) in [6, 6.07) is 9.08. The molecule has 1 aliphatic heterocycles. The highest BCUT2D eigenvalue weighted by Crippen LogP contribution is 2.57. The first-order valence-corrected chi connectivity index (χ1v) is 11.2. The molecule has 2 N–H and O–H groups in total. The Morgan fingerprint density at radius 2 is 1.97 bits per heavy atom. The maximum atomic E-state index is 14.3. The van der Waals surface area contributed by atoms with Crippen molar-refractivity contribution in [3.8, 4) is 0 Å². The first kappa shape index (κ1) is 20.8. The lowest BCUT2D eigenvalue weighted by Gasteiger charge is -2.53. The van der Waals surface area contributed by atoms with Crippen LogP contribution in [0.1, 0.15) is 63.9 Å². The van der Waals surface area contributed by atoms with Gasteiger partial charge < -0.3 is 10.6 Å². The number of hydrogen-bond acceptors (Lipinski definition) is 2. The van der Waals surface area contributed by atoms with E-state index in [9.17, 15) is 13.6 Å². The number of rotatable bonds is 4. The number of halogens is 2. The maximum absolute atomic E-state index is 14.3. The summed E-state index contributed by atoms with van der Waals surface area (Å²) in [4.78, 5) is 15.3. The fraction of sp³-hybridized carbons (Fsp3) is 0.708. The molecule has 4 atom stereocenters. The van der Waals surface area contributed by atoms with Gasteiger partial charge in [-0.3, -0.25) is 4.79 Å². The topological polar surface area (TPSA) is 46.3 Å². The summed E-state index contributed by atoms with van der Waals surface area (Å²) in [5, 5.41) is 0. The number of aryl methyl sites for hydroxylation is 1. The Kier molecular flexibility index (Phi) is 5.47. The monoisotopic (exact) mass is 404 g/mol. The molecule has 4 rings (SSSR count). The van der Waals surface area contributed by atoms with E-state index in [1.807, 2.05) is 18.2 Å². The molecule has 3 fully saturated rings. The molecule has 29 heavy (non-hydrogen) atoms. The van der Waals surface area contributed by atoms with Crippen LogP contribution in [0, 0.1) is 16.7 Å². The number of likely N-dealkylation sites (tertiary alicyclic amines) is 1. The number of fused-ring (bicyclic) bond motifs is 2. The SMILES string of the molecule is C[C@]12CCCC(C1)C[C@@](CCc1ccccc1)(C(=O)N1CCC(N)C(F)(F)C1)C2. The van der Waals surface area contributed by atoms with Crippen LogP contribution < -0.4 is 5.73 Å². The maximum Gasteiger partial charge on any atom is 0.280 e. The summed E-state index contributed by atoms with van der Waals surface area (Å²) < 4.78 is 28.7. The van der Waals surface area contributed by atoms with Crippen molar-refractivity contribution in [1.29, 1.82) is 0 Å². The lowest BCUT2D eigenvalue weighted by atomic mass is 9.53. The van der Waals surface area contributed by atoms with E-state index >= 15 is 0 Å². The van der Waals surface area contributed by atoms with Gasteiger partial charge >= 0.3 is 0 Å². The predicted octanol–water partition coefficient (Wildman–Crippen LogP) is 4.79. The molecule has 5 heteroatoms. The number of alkyl halides is 2. The quantitative estimate of drug-likeness (QED) is 0.784. The lowest BCUT2D eigenvalue weighted by Crippen LogP contribution is -2.60. The number of piperidine rings is 1. The van der Waals surface area contributed by atoms with Gasteiger partial charge in [0.05, 0.1) is 18.0 Å². The second kappa shape index (κ2) is 7.64. The van der Waals surface area contributed by atoms with Crippen LogP contribution in [0.25, 0.3) is 0 Å². The summed E-state index contributed by atoms with van der Waals surface area (Å²) in [5.74, 6) is -2.50. The van der Waals surface area contributed by atoms with E-state index in [4.69, 9.17) is 5.73 Å².